The van der Waals surface area contributed by atoms with Crippen LogP contribution >= 0.6 is 0 Å². The zero-order valence-electron chi connectivity index (χ0n) is 11.9. The fraction of sp³-hybridized carbons (Fsp3) is 0.571. The van der Waals surface area contributed by atoms with Crippen molar-refractivity contribution in [2.45, 2.75) is 26.3 Å². The number of aromatic nitrogens is 1. The van der Waals surface area contributed by atoms with Gasteiger partial charge in [-0.2, -0.15) is 0 Å². The van der Waals surface area contributed by atoms with Crippen LogP contribution in [0.1, 0.15) is 31.3 Å². The van der Waals surface area contributed by atoms with Gasteiger partial charge in [0.05, 0.1) is 12.8 Å². The summed E-state index contributed by atoms with van der Waals surface area (Å²) in [5.74, 6) is -0.850. The molecule has 0 saturated carbocycles. The highest BCUT2D eigenvalue weighted by atomic mass is 19.1. The molecule has 1 aromatic rings. The van der Waals surface area contributed by atoms with E-state index in [2.05, 4.69) is 4.98 Å². The Bertz CT molecular complexity index is 432. The molecule has 0 aromatic carbocycles. The van der Waals surface area contributed by atoms with Crippen LogP contribution in [0.25, 0.3) is 0 Å². The standard InChI is InChI=1S/C14H21FN2O2/c1-10(8-17(4)14(2,3)9-18)13(19)12-6-5-11(15)7-16-12/h5-7,10,18H,8-9H2,1-4H3. The molecule has 106 valence electrons. The molecule has 0 saturated heterocycles. The van der Waals surface area contributed by atoms with Crippen molar-refractivity contribution >= 4 is 5.78 Å². The van der Waals surface area contributed by atoms with E-state index in [-0.39, 0.29) is 29.5 Å². The minimum Gasteiger partial charge on any atom is -0.394 e. The molecule has 1 N–H and O–H groups in total. The van der Waals surface area contributed by atoms with Gasteiger partial charge < -0.3 is 5.11 Å². The SMILES string of the molecule is CC(CN(C)C(C)(C)CO)C(=O)c1ccc(F)cn1. The summed E-state index contributed by atoms with van der Waals surface area (Å²) < 4.78 is 12.8. The molecule has 0 aliphatic rings. The Balaban J connectivity index is 2.70. The van der Waals surface area contributed by atoms with Gasteiger partial charge in [-0.15, -0.1) is 0 Å². The number of ketones is 1. The summed E-state index contributed by atoms with van der Waals surface area (Å²) in [4.78, 5) is 17.9. The number of halogens is 1. The van der Waals surface area contributed by atoms with Gasteiger partial charge in [-0.05, 0) is 33.0 Å². The molecule has 1 rings (SSSR count). The number of rotatable bonds is 6. The molecule has 0 fully saturated rings. The number of likely N-dealkylation sites (N-methyl/N-ethyl adjacent to an activating group) is 1. The zero-order valence-corrected chi connectivity index (χ0v) is 11.9. The summed E-state index contributed by atoms with van der Waals surface area (Å²) in [6.07, 6.45) is 1.04. The number of aliphatic hydroxyl groups is 1. The molecular weight excluding hydrogens is 247 g/mol. The summed E-state index contributed by atoms with van der Waals surface area (Å²) in [5.41, 5.74) is -0.116. The predicted octanol–water partition coefficient (Wildman–Crippen LogP) is 1.74. The van der Waals surface area contributed by atoms with Crippen LogP contribution in [0.3, 0.4) is 0 Å². The first-order valence-electron chi connectivity index (χ1n) is 6.26. The second kappa shape index (κ2) is 6.21. The third-order valence-electron chi connectivity index (χ3n) is 3.40. The number of hydrogen-bond acceptors (Lipinski definition) is 4. The second-order valence-corrected chi connectivity index (χ2v) is 5.48. The van der Waals surface area contributed by atoms with Gasteiger partial charge in [-0.3, -0.25) is 14.7 Å². The lowest BCUT2D eigenvalue weighted by Gasteiger charge is -2.35. The lowest BCUT2D eigenvalue weighted by molar-refractivity contribution is 0.0613. The van der Waals surface area contributed by atoms with Crippen molar-refractivity contribution in [2.24, 2.45) is 5.92 Å². The lowest BCUT2D eigenvalue weighted by atomic mass is 9.98. The highest BCUT2D eigenvalue weighted by Gasteiger charge is 2.26. The second-order valence-electron chi connectivity index (χ2n) is 5.48. The number of carbonyl (C=O) groups excluding carboxylic acids is 1. The van der Waals surface area contributed by atoms with Crippen LogP contribution < -0.4 is 0 Å². The van der Waals surface area contributed by atoms with E-state index < -0.39 is 5.82 Å². The highest BCUT2D eigenvalue weighted by Crippen LogP contribution is 2.15. The van der Waals surface area contributed by atoms with Crippen molar-refractivity contribution in [3.05, 3.63) is 29.8 Å². The Hall–Kier alpha value is -1.33. The van der Waals surface area contributed by atoms with Crippen LogP contribution in [0, 0.1) is 11.7 Å². The van der Waals surface area contributed by atoms with Crippen LogP contribution in [-0.4, -0.2) is 46.5 Å². The molecule has 5 heteroatoms. The Morgan fingerprint density at radius 3 is 2.63 bits per heavy atom. The summed E-state index contributed by atoms with van der Waals surface area (Å²) in [5, 5.41) is 9.28. The smallest absolute Gasteiger partial charge is 0.185 e. The first-order valence-corrected chi connectivity index (χ1v) is 6.26. The van der Waals surface area contributed by atoms with E-state index in [9.17, 15) is 14.3 Å². The van der Waals surface area contributed by atoms with E-state index in [0.29, 0.717) is 6.54 Å². The molecular formula is C14H21FN2O2. The number of pyridine rings is 1. The summed E-state index contributed by atoms with van der Waals surface area (Å²) >= 11 is 0. The van der Waals surface area contributed by atoms with E-state index in [1.165, 1.54) is 12.1 Å². The minimum atomic E-state index is -0.456. The van der Waals surface area contributed by atoms with Crippen molar-refractivity contribution in [1.29, 1.82) is 0 Å². The third kappa shape index (κ3) is 4.08. The first-order chi connectivity index (χ1) is 8.77. The molecule has 0 amide bonds. The summed E-state index contributed by atoms with van der Waals surface area (Å²) in [6.45, 7) is 6.13. The molecule has 0 aliphatic carbocycles. The van der Waals surface area contributed by atoms with Crippen molar-refractivity contribution < 1.29 is 14.3 Å². The molecule has 0 bridgehead atoms. The Kier molecular flexibility index (Phi) is 5.14. The van der Waals surface area contributed by atoms with Crippen LogP contribution in [0.5, 0.6) is 0 Å². The van der Waals surface area contributed by atoms with Gasteiger partial charge in [-0.25, -0.2) is 4.39 Å². The molecule has 0 spiro atoms. The van der Waals surface area contributed by atoms with Gasteiger partial charge in [-0.1, -0.05) is 6.92 Å². The number of Topliss-reactive ketones (excluding diaryl/α,β-unsaturated/α-hetero) is 1. The van der Waals surface area contributed by atoms with Gasteiger partial charge in [0.2, 0.25) is 0 Å². The first kappa shape index (κ1) is 15.7. The van der Waals surface area contributed by atoms with Gasteiger partial charge in [0.15, 0.2) is 5.78 Å². The molecule has 0 radical (unpaired) electrons. The Morgan fingerprint density at radius 2 is 2.16 bits per heavy atom. The zero-order chi connectivity index (χ0) is 14.6. The van der Waals surface area contributed by atoms with Crippen LogP contribution in [0.2, 0.25) is 0 Å². The fourth-order valence-electron chi connectivity index (χ4n) is 1.64. The number of aliphatic hydroxyl groups excluding tert-OH is 1. The predicted molar refractivity (Wildman–Crippen MR) is 71.5 cm³/mol. The van der Waals surface area contributed by atoms with E-state index >= 15 is 0 Å². The van der Waals surface area contributed by atoms with Crippen LogP contribution in [0.15, 0.2) is 18.3 Å². The van der Waals surface area contributed by atoms with E-state index in [1.807, 2.05) is 25.8 Å². The van der Waals surface area contributed by atoms with E-state index in [1.54, 1.807) is 6.92 Å². The van der Waals surface area contributed by atoms with E-state index in [4.69, 9.17) is 0 Å². The fourth-order valence-corrected chi connectivity index (χ4v) is 1.64. The van der Waals surface area contributed by atoms with Gasteiger partial charge in [0, 0.05) is 18.0 Å². The number of nitrogens with zero attached hydrogens (tertiary/aromatic N) is 2. The number of carbonyl (C=O) groups is 1. The maximum Gasteiger partial charge on any atom is 0.185 e. The largest absolute Gasteiger partial charge is 0.394 e. The normalized spacial score (nSPS) is 13.6. The lowest BCUT2D eigenvalue weighted by Crippen LogP contribution is -2.47. The summed E-state index contributed by atoms with van der Waals surface area (Å²) in [7, 11) is 1.86. The molecule has 1 heterocycles. The average Bonchev–Trinajstić information content (AvgIpc) is 2.38. The van der Waals surface area contributed by atoms with Crippen molar-refractivity contribution in [1.82, 2.24) is 9.88 Å². The minimum absolute atomic E-state index is 0.0131. The van der Waals surface area contributed by atoms with Crippen molar-refractivity contribution in [3.63, 3.8) is 0 Å². The highest BCUT2D eigenvalue weighted by molar-refractivity contribution is 5.95. The number of hydrogen-bond donors (Lipinski definition) is 1. The van der Waals surface area contributed by atoms with Crippen LogP contribution in [-0.2, 0) is 0 Å². The van der Waals surface area contributed by atoms with Crippen LogP contribution in [0.4, 0.5) is 4.39 Å². The quantitative estimate of drug-likeness (QED) is 0.799. The monoisotopic (exact) mass is 268 g/mol. The van der Waals surface area contributed by atoms with Gasteiger partial charge >= 0.3 is 0 Å². The molecule has 1 aromatic heterocycles. The van der Waals surface area contributed by atoms with Crippen molar-refractivity contribution in [2.75, 3.05) is 20.2 Å². The van der Waals surface area contributed by atoms with E-state index in [0.717, 1.165) is 6.20 Å². The Labute approximate surface area is 113 Å². The molecule has 0 aliphatic heterocycles. The maximum absolute atomic E-state index is 12.8. The van der Waals surface area contributed by atoms with Crippen molar-refractivity contribution in [3.8, 4) is 0 Å². The molecule has 4 nitrogen and oxygen atoms in total. The summed E-state index contributed by atoms with van der Waals surface area (Å²) in [6, 6.07) is 2.62. The van der Waals surface area contributed by atoms with Gasteiger partial charge in [0.25, 0.3) is 0 Å². The third-order valence-corrected chi connectivity index (χ3v) is 3.40. The average molecular weight is 268 g/mol. The molecule has 1 unspecified atom stereocenters. The molecule has 1 atom stereocenters. The molecule has 19 heavy (non-hydrogen) atoms. The Morgan fingerprint density at radius 1 is 1.53 bits per heavy atom. The maximum atomic E-state index is 12.8. The van der Waals surface area contributed by atoms with Gasteiger partial charge in [0.1, 0.15) is 11.5 Å². The topological polar surface area (TPSA) is 53.4 Å².